The van der Waals surface area contributed by atoms with E-state index < -0.39 is 0 Å². The van der Waals surface area contributed by atoms with E-state index in [2.05, 4.69) is 26.6 Å². The first kappa shape index (κ1) is 19.5. The smallest absolute Gasteiger partial charge is 0.315 e. The number of fused-ring (bicyclic) bond motifs is 1. The van der Waals surface area contributed by atoms with Crippen molar-refractivity contribution in [1.29, 1.82) is 0 Å². The Labute approximate surface area is 171 Å². The highest BCUT2D eigenvalue weighted by Crippen LogP contribution is 2.34. The Balaban J connectivity index is 1.26. The van der Waals surface area contributed by atoms with E-state index in [1.165, 1.54) is 0 Å². The molecule has 1 saturated heterocycles. The van der Waals surface area contributed by atoms with E-state index in [1.807, 2.05) is 36.5 Å². The SMILES string of the molecule is COc1ccc2c(c1)OCCC2NC(=O)NC1CCN(Cc2ccccn2)CC1. The van der Waals surface area contributed by atoms with Crippen molar-refractivity contribution in [2.45, 2.75) is 37.9 Å². The van der Waals surface area contributed by atoms with E-state index in [0.29, 0.717) is 6.61 Å². The zero-order valence-electron chi connectivity index (χ0n) is 16.8. The second-order valence-electron chi connectivity index (χ2n) is 7.58. The number of hydrogen-bond donors (Lipinski definition) is 2. The third kappa shape index (κ3) is 4.98. The highest BCUT2D eigenvalue weighted by Gasteiger charge is 2.26. The van der Waals surface area contributed by atoms with Crippen LogP contribution in [0.4, 0.5) is 4.79 Å². The quantitative estimate of drug-likeness (QED) is 0.813. The molecular formula is C22H28N4O3. The minimum atomic E-state index is -0.109. The maximum absolute atomic E-state index is 12.6. The van der Waals surface area contributed by atoms with Gasteiger partial charge in [-0.15, -0.1) is 0 Å². The van der Waals surface area contributed by atoms with Crippen molar-refractivity contribution in [3.8, 4) is 11.5 Å². The number of amides is 2. The zero-order valence-corrected chi connectivity index (χ0v) is 16.8. The van der Waals surface area contributed by atoms with Crippen LogP contribution in [0.2, 0.25) is 0 Å². The van der Waals surface area contributed by atoms with Gasteiger partial charge in [0.15, 0.2) is 0 Å². The number of hydrogen-bond acceptors (Lipinski definition) is 5. The van der Waals surface area contributed by atoms with Crippen molar-refractivity contribution in [2.24, 2.45) is 0 Å². The average Bonchev–Trinajstić information content (AvgIpc) is 2.75. The van der Waals surface area contributed by atoms with Gasteiger partial charge in [-0.05, 0) is 37.1 Å². The molecule has 2 N–H and O–H groups in total. The van der Waals surface area contributed by atoms with E-state index in [-0.39, 0.29) is 18.1 Å². The summed E-state index contributed by atoms with van der Waals surface area (Å²) in [5.74, 6) is 1.54. The Bertz CT molecular complexity index is 822. The van der Waals surface area contributed by atoms with Crippen LogP contribution in [-0.2, 0) is 6.54 Å². The molecule has 2 aliphatic heterocycles. The molecule has 2 aromatic rings. The van der Waals surface area contributed by atoms with E-state index >= 15 is 0 Å². The standard InChI is InChI=1S/C22H28N4O3/c1-28-18-5-6-19-20(9-13-29-21(19)14-18)25-22(27)24-16-7-11-26(12-8-16)15-17-4-2-3-10-23-17/h2-6,10,14,16,20H,7-9,11-13,15H2,1H3,(H2,24,25,27). The van der Waals surface area contributed by atoms with Crippen molar-refractivity contribution >= 4 is 6.03 Å². The first-order valence-electron chi connectivity index (χ1n) is 10.2. The van der Waals surface area contributed by atoms with E-state index in [9.17, 15) is 4.79 Å². The number of pyridine rings is 1. The summed E-state index contributed by atoms with van der Waals surface area (Å²) in [5, 5.41) is 6.26. The molecule has 3 heterocycles. The molecule has 29 heavy (non-hydrogen) atoms. The van der Waals surface area contributed by atoms with Crippen molar-refractivity contribution in [2.75, 3.05) is 26.8 Å². The van der Waals surface area contributed by atoms with Gasteiger partial charge in [-0.3, -0.25) is 9.88 Å². The number of nitrogens with one attached hydrogen (secondary N) is 2. The number of aromatic nitrogens is 1. The maximum atomic E-state index is 12.6. The van der Waals surface area contributed by atoms with Gasteiger partial charge in [-0.2, -0.15) is 0 Å². The third-order valence-electron chi connectivity index (χ3n) is 5.60. The molecule has 0 spiro atoms. The largest absolute Gasteiger partial charge is 0.497 e. The molecule has 0 aliphatic carbocycles. The van der Waals surface area contributed by atoms with Crippen LogP contribution in [0.3, 0.4) is 0 Å². The highest BCUT2D eigenvalue weighted by atomic mass is 16.5. The van der Waals surface area contributed by atoms with Gasteiger partial charge in [0.2, 0.25) is 0 Å². The minimum absolute atomic E-state index is 0.0473. The van der Waals surface area contributed by atoms with Crippen molar-refractivity contribution in [1.82, 2.24) is 20.5 Å². The van der Waals surface area contributed by atoms with Crippen molar-refractivity contribution < 1.29 is 14.3 Å². The second kappa shape index (κ2) is 9.13. The predicted octanol–water partition coefficient (Wildman–Crippen LogP) is 2.88. The number of carbonyl (C=O) groups excluding carboxylic acids is 1. The lowest BCUT2D eigenvalue weighted by atomic mass is 10.0. The van der Waals surface area contributed by atoms with Crippen LogP contribution < -0.4 is 20.1 Å². The number of ether oxygens (including phenoxy) is 2. The first-order chi connectivity index (χ1) is 14.2. The average molecular weight is 396 g/mol. The molecule has 0 bridgehead atoms. The van der Waals surface area contributed by atoms with E-state index in [1.54, 1.807) is 7.11 Å². The number of piperidine rings is 1. The Hall–Kier alpha value is -2.80. The normalized spacial score (nSPS) is 19.7. The topological polar surface area (TPSA) is 75.7 Å². The lowest BCUT2D eigenvalue weighted by molar-refractivity contribution is 0.182. The number of likely N-dealkylation sites (tertiary alicyclic amines) is 1. The second-order valence-corrected chi connectivity index (χ2v) is 7.58. The summed E-state index contributed by atoms with van der Waals surface area (Å²) in [4.78, 5) is 19.4. The summed E-state index contributed by atoms with van der Waals surface area (Å²) in [7, 11) is 1.63. The van der Waals surface area contributed by atoms with Gasteiger partial charge in [0.05, 0.1) is 25.5 Å². The molecule has 154 valence electrons. The molecule has 4 rings (SSSR count). The van der Waals surface area contributed by atoms with Crippen molar-refractivity contribution in [3.05, 3.63) is 53.9 Å². The van der Waals surface area contributed by atoms with Crippen LogP contribution in [0.5, 0.6) is 11.5 Å². The van der Waals surface area contributed by atoms with Gasteiger partial charge in [0.1, 0.15) is 11.5 Å². The zero-order chi connectivity index (χ0) is 20.1. The molecule has 1 aromatic carbocycles. The molecule has 0 radical (unpaired) electrons. The molecule has 2 amide bonds. The molecule has 1 atom stereocenters. The number of benzene rings is 1. The Kier molecular flexibility index (Phi) is 6.14. The monoisotopic (exact) mass is 396 g/mol. The number of methoxy groups -OCH3 is 1. The minimum Gasteiger partial charge on any atom is -0.497 e. The van der Waals surface area contributed by atoms with E-state index in [0.717, 1.165) is 61.7 Å². The maximum Gasteiger partial charge on any atom is 0.315 e. The summed E-state index contributed by atoms with van der Waals surface area (Å²) < 4.78 is 11.0. The van der Waals surface area contributed by atoms with Crippen molar-refractivity contribution in [3.63, 3.8) is 0 Å². The summed E-state index contributed by atoms with van der Waals surface area (Å²) >= 11 is 0. The van der Waals surface area contributed by atoms with Crippen LogP contribution in [0.1, 0.15) is 36.6 Å². The predicted molar refractivity (Wildman–Crippen MR) is 110 cm³/mol. The van der Waals surface area contributed by atoms with Crippen LogP contribution in [0.15, 0.2) is 42.6 Å². The fourth-order valence-electron chi connectivity index (χ4n) is 3.99. The molecule has 0 saturated carbocycles. The molecule has 2 aliphatic rings. The Morgan fingerprint density at radius 2 is 2.07 bits per heavy atom. The number of carbonyl (C=O) groups is 1. The van der Waals surface area contributed by atoms with Gasteiger partial charge < -0.3 is 20.1 Å². The van der Waals surface area contributed by atoms with E-state index in [4.69, 9.17) is 9.47 Å². The number of nitrogens with zero attached hydrogens (tertiary/aromatic N) is 2. The number of rotatable bonds is 5. The summed E-state index contributed by atoms with van der Waals surface area (Å²) in [6.45, 7) is 3.36. The van der Waals surface area contributed by atoms with Gasteiger partial charge in [0, 0.05) is 49.9 Å². The molecule has 7 nitrogen and oxygen atoms in total. The molecular weight excluding hydrogens is 368 g/mol. The summed E-state index contributed by atoms with van der Waals surface area (Å²) in [5.41, 5.74) is 2.09. The van der Waals surface area contributed by atoms with Gasteiger partial charge >= 0.3 is 6.03 Å². The van der Waals surface area contributed by atoms with Crippen LogP contribution in [-0.4, -0.2) is 48.8 Å². The van der Waals surface area contributed by atoms with Crippen LogP contribution in [0, 0.1) is 0 Å². The van der Waals surface area contributed by atoms with Gasteiger partial charge in [-0.1, -0.05) is 6.07 Å². The molecule has 1 aromatic heterocycles. The van der Waals surface area contributed by atoms with Crippen LogP contribution >= 0.6 is 0 Å². The Morgan fingerprint density at radius 3 is 2.83 bits per heavy atom. The summed E-state index contributed by atoms with van der Waals surface area (Å²) in [6, 6.07) is 11.8. The summed E-state index contributed by atoms with van der Waals surface area (Å²) in [6.07, 6.45) is 4.48. The molecule has 1 fully saturated rings. The third-order valence-corrected chi connectivity index (χ3v) is 5.60. The first-order valence-corrected chi connectivity index (χ1v) is 10.2. The lowest BCUT2D eigenvalue weighted by Gasteiger charge is -2.33. The molecule has 7 heteroatoms. The fraction of sp³-hybridized carbons (Fsp3) is 0.455. The van der Waals surface area contributed by atoms with Gasteiger partial charge in [-0.25, -0.2) is 4.79 Å². The number of urea groups is 1. The molecule has 1 unspecified atom stereocenters. The van der Waals surface area contributed by atoms with Gasteiger partial charge in [0.25, 0.3) is 0 Å². The lowest BCUT2D eigenvalue weighted by Crippen LogP contribution is -2.48. The van der Waals surface area contributed by atoms with Crippen LogP contribution in [0.25, 0.3) is 0 Å². The Morgan fingerprint density at radius 1 is 1.21 bits per heavy atom. The fourth-order valence-corrected chi connectivity index (χ4v) is 3.99. The highest BCUT2D eigenvalue weighted by molar-refractivity contribution is 5.75.